The molecule has 1 N–H and O–H groups in total. The molecular formula is C14H14N2O2S. The van der Waals surface area contributed by atoms with E-state index in [0.717, 1.165) is 36.5 Å². The zero-order valence-electron chi connectivity index (χ0n) is 10.4. The van der Waals surface area contributed by atoms with Crippen LogP contribution < -0.4 is 5.32 Å². The molecule has 1 aromatic rings. The normalized spacial score (nSPS) is 20.3. The van der Waals surface area contributed by atoms with E-state index in [0.29, 0.717) is 4.91 Å². The second-order valence-corrected chi connectivity index (χ2v) is 5.68. The zero-order chi connectivity index (χ0) is 13.2. The Kier molecular flexibility index (Phi) is 3.29. The summed E-state index contributed by atoms with van der Waals surface area (Å²) in [6.07, 6.45) is 3.56. The molecule has 19 heavy (non-hydrogen) atoms. The van der Waals surface area contributed by atoms with Crippen LogP contribution in [-0.2, 0) is 9.59 Å². The molecule has 2 aliphatic heterocycles. The highest BCUT2D eigenvalue weighted by molar-refractivity contribution is 8.04. The van der Waals surface area contributed by atoms with Crippen LogP contribution in [0.5, 0.6) is 0 Å². The molecule has 2 amide bonds. The number of likely N-dealkylation sites (tertiary alicyclic amines) is 1. The van der Waals surface area contributed by atoms with Gasteiger partial charge in [-0.25, -0.2) is 0 Å². The molecule has 1 fully saturated rings. The van der Waals surface area contributed by atoms with Crippen molar-refractivity contribution >= 4 is 29.3 Å². The molecule has 1 saturated heterocycles. The van der Waals surface area contributed by atoms with Gasteiger partial charge in [0.2, 0.25) is 5.91 Å². The number of fused-ring (bicyclic) bond motifs is 1. The summed E-state index contributed by atoms with van der Waals surface area (Å²) < 4.78 is 0. The Balaban J connectivity index is 1.82. The Morgan fingerprint density at radius 2 is 2.00 bits per heavy atom. The molecule has 0 bridgehead atoms. The van der Waals surface area contributed by atoms with Crippen LogP contribution in [0.4, 0.5) is 5.69 Å². The third-order valence-corrected chi connectivity index (χ3v) is 4.35. The van der Waals surface area contributed by atoms with Crippen molar-refractivity contribution in [3.63, 3.8) is 0 Å². The van der Waals surface area contributed by atoms with Gasteiger partial charge in [-0.3, -0.25) is 9.59 Å². The molecule has 0 saturated carbocycles. The van der Waals surface area contributed by atoms with Gasteiger partial charge in [-0.15, -0.1) is 0 Å². The highest BCUT2D eigenvalue weighted by atomic mass is 32.2. The SMILES string of the molecule is O=C1Nc2ccccc2SC1=CC(=O)N1CCCC1. The van der Waals surface area contributed by atoms with Crippen LogP contribution in [0.2, 0.25) is 0 Å². The lowest BCUT2D eigenvalue weighted by molar-refractivity contribution is -0.125. The number of thioether (sulfide) groups is 1. The van der Waals surface area contributed by atoms with Crippen molar-refractivity contribution in [1.29, 1.82) is 0 Å². The summed E-state index contributed by atoms with van der Waals surface area (Å²) in [5.41, 5.74) is 0.809. The van der Waals surface area contributed by atoms with E-state index in [1.54, 1.807) is 4.90 Å². The average Bonchev–Trinajstić information content (AvgIpc) is 2.93. The van der Waals surface area contributed by atoms with Crippen molar-refractivity contribution in [3.8, 4) is 0 Å². The van der Waals surface area contributed by atoms with Gasteiger partial charge >= 0.3 is 0 Å². The third kappa shape index (κ3) is 2.51. The van der Waals surface area contributed by atoms with E-state index < -0.39 is 0 Å². The summed E-state index contributed by atoms with van der Waals surface area (Å²) >= 11 is 1.35. The number of hydrogen-bond acceptors (Lipinski definition) is 3. The maximum atomic E-state index is 12.0. The van der Waals surface area contributed by atoms with E-state index in [-0.39, 0.29) is 11.8 Å². The van der Waals surface area contributed by atoms with Crippen molar-refractivity contribution in [2.45, 2.75) is 17.7 Å². The largest absolute Gasteiger partial charge is 0.339 e. The van der Waals surface area contributed by atoms with E-state index >= 15 is 0 Å². The lowest BCUT2D eigenvalue weighted by Crippen LogP contribution is -2.27. The maximum Gasteiger partial charge on any atom is 0.262 e. The number of benzene rings is 1. The van der Waals surface area contributed by atoms with Gasteiger partial charge in [0.05, 0.1) is 10.6 Å². The molecule has 3 rings (SSSR count). The minimum Gasteiger partial charge on any atom is -0.339 e. The number of nitrogens with one attached hydrogen (secondary N) is 1. The summed E-state index contributed by atoms with van der Waals surface area (Å²) in [6.45, 7) is 1.59. The van der Waals surface area contributed by atoms with Crippen molar-refractivity contribution in [3.05, 3.63) is 35.2 Å². The summed E-state index contributed by atoms with van der Waals surface area (Å²) in [6, 6.07) is 7.60. The van der Waals surface area contributed by atoms with Crippen LogP contribution in [-0.4, -0.2) is 29.8 Å². The second-order valence-electron chi connectivity index (χ2n) is 4.59. The summed E-state index contributed by atoms with van der Waals surface area (Å²) in [5, 5.41) is 2.81. The molecule has 2 aliphatic rings. The van der Waals surface area contributed by atoms with Crippen LogP contribution in [0, 0.1) is 0 Å². The number of amides is 2. The highest BCUT2D eigenvalue weighted by Gasteiger charge is 2.23. The molecule has 0 radical (unpaired) electrons. The van der Waals surface area contributed by atoms with Crippen LogP contribution >= 0.6 is 11.8 Å². The molecule has 0 atom stereocenters. The number of para-hydroxylation sites is 1. The monoisotopic (exact) mass is 274 g/mol. The number of hydrogen-bond donors (Lipinski definition) is 1. The van der Waals surface area contributed by atoms with Gasteiger partial charge in [0.1, 0.15) is 0 Å². The van der Waals surface area contributed by atoms with Crippen LogP contribution in [0.25, 0.3) is 0 Å². The quantitative estimate of drug-likeness (QED) is 0.799. The first-order chi connectivity index (χ1) is 9.24. The van der Waals surface area contributed by atoms with E-state index in [2.05, 4.69) is 5.32 Å². The number of anilines is 1. The minimum atomic E-state index is -0.198. The predicted octanol–water partition coefficient (Wildman–Crippen LogP) is 2.24. The number of carbonyl (C=O) groups is 2. The number of nitrogens with zero attached hydrogens (tertiary/aromatic N) is 1. The Labute approximate surface area is 115 Å². The fourth-order valence-electron chi connectivity index (χ4n) is 2.24. The summed E-state index contributed by atoms with van der Waals surface area (Å²) in [5.74, 6) is -0.259. The van der Waals surface area contributed by atoms with E-state index in [1.165, 1.54) is 17.8 Å². The topological polar surface area (TPSA) is 49.4 Å². The smallest absolute Gasteiger partial charge is 0.262 e. The van der Waals surface area contributed by atoms with Gasteiger partial charge in [0.15, 0.2) is 0 Å². The molecular weight excluding hydrogens is 260 g/mol. The van der Waals surface area contributed by atoms with Crippen molar-refractivity contribution in [1.82, 2.24) is 4.90 Å². The molecule has 0 aliphatic carbocycles. The molecule has 4 nitrogen and oxygen atoms in total. The van der Waals surface area contributed by atoms with Crippen molar-refractivity contribution in [2.75, 3.05) is 18.4 Å². The second kappa shape index (κ2) is 5.09. The number of rotatable bonds is 1. The van der Waals surface area contributed by atoms with Gasteiger partial charge in [-0.2, -0.15) is 0 Å². The molecule has 0 spiro atoms. The highest BCUT2D eigenvalue weighted by Crippen LogP contribution is 2.37. The molecule has 5 heteroatoms. The van der Waals surface area contributed by atoms with Crippen LogP contribution in [0.15, 0.2) is 40.1 Å². The lowest BCUT2D eigenvalue weighted by Gasteiger charge is -2.19. The van der Waals surface area contributed by atoms with E-state index in [1.807, 2.05) is 24.3 Å². The molecule has 2 heterocycles. The van der Waals surface area contributed by atoms with Crippen molar-refractivity contribution in [2.24, 2.45) is 0 Å². The van der Waals surface area contributed by atoms with E-state index in [4.69, 9.17) is 0 Å². The Bertz CT molecular complexity index is 562. The minimum absolute atomic E-state index is 0.0606. The van der Waals surface area contributed by atoms with Gasteiger partial charge < -0.3 is 10.2 Å². The first-order valence-electron chi connectivity index (χ1n) is 6.33. The van der Waals surface area contributed by atoms with Crippen LogP contribution in [0.3, 0.4) is 0 Å². The summed E-state index contributed by atoms with van der Waals surface area (Å²) in [7, 11) is 0. The Hall–Kier alpha value is -1.75. The Morgan fingerprint density at radius 1 is 1.26 bits per heavy atom. The van der Waals surface area contributed by atoms with Gasteiger partial charge in [0, 0.05) is 24.1 Å². The van der Waals surface area contributed by atoms with Crippen LogP contribution in [0.1, 0.15) is 12.8 Å². The fourth-order valence-corrected chi connectivity index (χ4v) is 3.16. The molecule has 0 unspecified atom stereocenters. The van der Waals surface area contributed by atoms with Gasteiger partial charge in [0.25, 0.3) is 5.91 Å². The zero-order valence-corrected chi connectivity index (χ0v) is 11.2. The van der Waals surface area contributed by atoms with Gasteiger partial charge in [-0.1, -0.05) is 23.9 Å². The molecule has 0 aromatic heterocycles. The maximum absolute atomic E-state index is 12.0. The molecule has 1 aromatic carbocycles. The van der Waals surface area contributed by atoms with E-state index in [9.17, 15) is 9.59 Å². The summed E-state index contributed by atoms with van der Waals surface area (Å²) in [4.78, 5) is 27.2. The average molecular weight is 274 g/mol. The standard InChI is InChI=1S/C14H14N2O2S/c17-13(16-7-3-4-8-16)9-12-14(18)15-10-5-1-2-6-11(10)19-12/h1-2,5-6,9H,3-4,7-8H2,(H,15,18). The first kappa shape index (κ1) is 12.3. The number of carbonyl (C=O) groups excluding carboxylic acids is 2. The Morgan fingerprint density at radius 3 is 2.79 bits per heavy atom. The first-order valence-corrected chi connectivity index (χ1v) is 7.14. The van der Waals surface area contributed by atoms with Gasteiger partial charge in [-0.05, 0) is 25.0 Å². The fraction of sp³-hybridized carbons (Fsp3) is 0.286. The lowest BCUT2D eigenvalue weighted by atomic mass is 10.3. The third-order valence-electron chi connectivity index (χ3n) is 3.25. The van der Waals surface area contributed by atoms with Crippen molar-refractivity contribution < 1.29 is 9.59 Å². The predicted molar refractivity (Wildman–Crippen MR) is 74.8 cm³/mol. The molecule has 98 valence electrons.